The lowest BCUT2D eigenvalue weighted by Gasteiger charge is -2.18. The van der Waals surface area contributed by atoms with Crippen LogP contribution in [0, 0.1) is 5.92 Å². The molecule has 1 heterocycles. The molecule has 2 amide bonds. The summed E-state index contributed by atoms with van der Waals surface area (Å²) in [6, 6.07) is 13.9. The summed E-state index contributed by atoms with van der Waals surface area (Å²) < 4.78 is 38.6. The number of alkyl halides is 3. The first kappa shape index (κ1) is 18.0. The summed E-state index contributed by atoms with van der Waals surface area (Å²) in [5.41, 5.74) is 0.267. The molecule has 0 bridgehead atoms. The van der Waals surface area contributed by atoms with E-state index in [1.165, 1.54) is 17.0 Å². The van der Waals surface area contributed by atoms with Gasteiger partial charge >= 0.3 is 6.18 Å². The van der Waals surface area contributed by atoms with Gasteiger partial charge in [-0.15, -0.1) is 0 Å². The summed E-state index contributed by atoms with van der Waals surface area (Å²) in [6.45, 7) is 0.411. The zero-order valence-electron chi connectivity index (χ0n) is 13.8. The van der Waals surface area contributed by atoms with Crippen molar-refractivity contribution in [2.24, 2.45) is 5.92 Å². The smallest absolute Gasteiger partial charge is 0.352 e. The fourth-order valence-electron chi connectivity index (χ4n) is 2.91. The van der Waals surface area contributed by atoms with Gasteiger partial charge in [0.2, 0.25) is 11.8 Å². The second-order valence-corrected chi connectivity index (χ2v) is 6.16. The van der Waals surface area contributed by atoms with E-state index < -0.39 is 17.7 Å². The second kappa shape index (κ2) is 7.19. The Balaban J connectivity index is 1.66. The van der Waals surface area contributed by atoms with Crippen LogP contribution in [0.1, 0.15) is 17.5 Å². The van der Waals surface area contributed by atoms with E-state index in [1.54, 1.807) is 0 Å². The van der Waals surface area contributed by atoms with Gasteiger partial charge < -0.3 is 10.2 Å². The zero-order chi connectivity index (χ0) is 18.7. The Morgan fingerprint density at radius 1 is 1.12 bits per heavy atom. The van der Waals surface area contributed by atoms with Gasteiger partial charge in [0.05, 0.1) is 11.5 Å². The van der Waals surface area contributed by atoms with Crippen molar-refractivity contribution in [3.05, 3.63) is 65.7 Å². The van der Waals surface area contributed by atoms with Crippen molar-refractivity contribution in [1.29, 1.82) is 0 Å². The highest BCUT2D eigenvalue weighted by Gasteiger charge is 2.36. The van der Waals surface area contributed by atoms with Gasteiger partial charge in [-0.3, -0.25) is 9.59 Å². The van der Waals surface area contributed by atoms with Crippen LogP contribution in [0.2, 0.25) is 0 Å². The monoisotopic (exact) mass is 362 g/mol. The number of carbonyl (C=O) groups is 2. The highest BCUT2D eigenvalue weighted by Crippen LogP contribution is 2.33. The van der Waals surface area contributed by atoms with Crippen LogP contribution < -0.4 is 10.2 Å². The molecule has 3 rings (SSSR count). The average Bonchev–Trinajstić information content (AvgIpc) is 3.02. The van der Waals surface area contributed by atoms with Crippen LogP contribution in [0.4, 0.5) is 18.9 Å². The van der Waals surface area contributed by atoms with Gasteiger partial charge in [0.25, 0.3) is 0 Å². The SMILES string of the molecule is O=C(NCc1ccccc1)[C@H]1CC(=O)N(c2cccc(C(F)(F)F)c2)C1. The molecule has 0 spiro atoms. The minimum atomic E-state index is -4.48. The molecule has 1 saturated heterocycles. The normalized spacial score (nSPS) is 17.4. The van der Waals surface area contributed by atoms with E-state index >= 15 is 0 Å². The lowest BCUT2D eigenvalue weighted by molar-refractivity contribution is -0.137. The summed E-state index contributed by atoms with van der Waals surface area (Å²) in [6.07, 6.45) is -4.50. The molecular formula is C19H17F3N2O2. The molecule has 0 saturated carbocycles. The van der Waals surface area contributed by atoms with Crippen molar-refractivity contribution in [3.63, 3.8) is 0 Å². The minimum Gasteiger partial charge on any atom is -0.352 e. The molecule has 1 N–H and O–H groups in total. The summed E-state index contributed by atoms with van der Waals surface area (Å²) >= 11 is 0. The van der Waals surface area contributed by atoms with Gasteiger partial charge in [0.1, 0.15) is 0 Å². The molecule has 7 heteroatoms. The number of benzene rings is 2. The fourth-order valence-corrected chi connectivity index (χ4v) is 2.91. The van der Waals surface area contributed by atoms with E-state index in [2.05, 4.69) is 5.32 Å². The number of rotatable bonds is 4. The molecule has 1 aliphatic rings. The fraction of sp³-hybridized carbons (Fsp3) is 0.263. The van der Waals surface area contributed by atoms with Crippen LogP contribution >= 0.6 is 0 Å². The molecule has 0 aliphatic carbocycles. The predicted molar refractivity (Wildman–Crippen MR) is 90.2 cm³/mol. The quantitative estimate of drug-likeness (QED) is 0.907. The van der Waals surface area contributed by atoms with Gasteiger partial charge in [-0.25, -0.2) is 0 Å². The summed E-state index contributed by atoms with van der Waals surface area (Å²) in [5.74, 6) is -1.22. The topological polar surface area (TPSA) is 49.4 Å². The number of carbonyl (C=O) groups excluding carboxylic acids is 2. The average molecular weight is 362 g/mol. The molecule has 4 nitrogen and oxygen atoms in total. The molecule has 136 valence electrons. The van der Waals surface area contributed by atoms with Gasteiger partial charge in [0.15, 0.2) is 0 Å². The number of nitrogens with zero attached hydrogens (tertiary/aromatic N) is 1. The van der Waals surface area contributed by atoms with Crippen molar-refractivity contribution >= 4 is 17.5 Å². The first-order valence-corrected chi connectivity index (χ1v) is 8.14. The van der Waals surface area contributed by atoms with Crippen LogP contribution in [-0.4, -0.2) is 18.4 Å². The Morgan fingerprint density at radius 3 is 2.54 bits per heavy atom. The van der Waals surface area contributed by atoms with Crippen LogP contribution in [0.3, 0.4) is 0 Å². The van der Waals surface area contributed by atoms with Crippen LogP contribution in [0.5, 0.6) is 0 Å². The molecule has 1 atom stereocenters. The number of hydrogen-bond acceptors (Lipinski definition) is 2. The van der Waals surface area contributed by atoms with E-state index in [-0.39, 0.29) is 30.5 Å². The van der Waals surface area contributed by atoms with Gasteiger partial charge in [-0.05, 0) is 23.8 Å². The van der Waals surface area contributed by atoms with E-state index in [0.717, 1.165) is 17.7 Å². The summed E-state index contributed by atoms with van der Waals surface area (Å²) in [5, 5.41) is 2.77. The number of amides is 2. The van der Waals surface area contributed by atoms with E-state index in [0.29, 0.717) is 6.54 Å². The van der Waals surface area contributed by atoms with Gasteiger partial charge in [0, 0.05) is 25.2 Å². The van der Waals surface area contributed by atoms with Crippen LogP contribution in [0.25, 0.3) is 0 Å². The molecule has 26 heavy (non-hydrogen) atoms. The summed E-state index contributed by atoms with van der Waals surface area (Å²) in [7, 11) is 0. The predicted octanol–water partition coefficient (Wildman–Crippen LogP) is 3.37. The molecule has 2 aromatic carbocycles. The number of halogens is 3. The third kappa shape index (κ3) is 4.04. The first-order valence-electron chi connectivity index (χ1n) is 8.14. The standard InChI is InChI=1S/C19H17F3N2O2/c20-19(21,22)15-7-4-8-16(10-15)24-12-14(9-17(24)25)18(26)23-11-13-5-2-1-3-6-13/h1-8,10,14H,9,11-12H2,(H,23,26)/t14-/m0/s1. The van der Waals surface area contributed by atoms with Gasteiger partial charge in [-0.1, -0.05) is 36.4 Å². The Morgan fingerprint density at radius 2 is 1.85 bits per heavy atom. The number of hydrogen-bond donors (Lipinski definition) is 1. The van der Waals surface area contributed by atoms with Crippen molar-refractivity contribution in [2.45, 2.75) is 19.1 Å². The highest BCUT2D eigenvalue weighted by atomic mass is 19.4. The third-order valence-corrected chi connectivity index (χ3v) is 4.29. The molecule has 0 radical (unpaired) electrons. The Kier molecular flexibility index (Phi) is 4.97. The summed E-state index contributed by atoms with van der Waals surface area (Å²) in [4.78, 5) is 25.7. The molecular weight excluding hydrogens is 345 g/mol. The van der Waals surface area contributed by atoms with Crippen LogP contribution in [-0.2, 0) is 22.3 Å². The van der Waals surface area contributed by atoms with E-state index in [4.69, 9.17) is 0 Å². The number of nitrogens with one attached hydrogen (secondary N) is 1. The van der Waals surface area contributed by atoms with E-state index in [1.807, 2.05) is 30.3 Å². The Labute approximate surface area is 148 Å². The van der Waals surface area contributed by atoms with Gasteiger partial charge in [-0.2, -0.15) is 13.2 Å². The number of anilines is 1. The molecule has 2 aromatic rings. The maximum absolute atomic E-state index is 12.9. The molecule has 0 unspecified atom stereocenters. The maximum Gasteiger partial charge on any atom is 0.416 e. The van der Waals surface area contributed by atoms with Crippen molar-refractivity contribution in [2.75, 3.05) is 11.4 Å². The largest absolute Gasteiger partial charge is 0.416 e. The first-order chi connectivity index (χ1) is 12.3. The van der Waals surface area contributed by atoms with Crippen molar-refractivity contribution in [3.8, 4) is 0 Å². The maximum atomic E-state index is 12.9. The Hall–Kier alpha value is -2.83. The Bertz CT molecular complexity index is 806. The molecule has 1 fully saturated rings. The van der Waals surface area contributed by atoms with E-state index in [9.17, 15) is 22.8 Å². The molecule has 0 aromatic heterocycles. The van der Waals surface area contributed by atoms with Crippen molar-refractivity contribution in [1.82, 2.24) is 5.32 Å². The molecule has 1 aliphatic heterocycles. The lowest BCUT2D eigenvalue weighted by Crippen LogP contribution is -2.32. The third-order valence-electron chi connectivity index (χ3n) is 4.29. The minimum absolute atomic E-state index is 0.0170. The zero-order valence-corrected chi connectivity index (χ0v) is 13.8. The lowest BCUT2D eigenvalue weighted by atomic mass is 10.1. The van der Waals surface area contributed by atoms with Crippen molar-refractivity contribution < 1.29 is 22.8 Å². The van der Waals surface area contributed by atoms with Crippen LogP contribution in [0.15, 0.2) is 54.6 Å². The second-order valence-electron chi connectivity index (χ2n) is 6.16. The highest BCUT2D eigenvalue weighted by molar-refractivity contribution is 6.00.